The normalized spacial score (nSPS) is 28.9. The first-order chi connectivity index (χ1) is 5.96. The minimum Gasteiger partial charge on any atom is -0.392 e. The van der Waals surface area contributed by atoms with E-state index in [9.17, 15) is 9.90 Å². The Morgan fingerprint density at radius 2 is 2.31 bits per heavy atom. The SMILES string of the molecule is CCC(O)C1CC(C)(C)C=CC1=O. The van der Waals surface area contributed by atoms with Crippen LogP contribution < -0.4 is 0 Å². The molecule has 1 aliphatic carbocycles. The van der Waals surface area contributed by atoms with Crippen LogP contribution >= 0.6 is 0 Å². The highest BCUT2D eigenvalue weighted by atomic mass is 16.3. The Morgan fingerprint density at radius 1 is 1.69 bits per heavy atom. The van der Waals surface area contributed by atoms with Crippen LogP contribution in [0, 0.1) is 11.3 Å². The first kappa shape index (κ1) is 10.5. The third-order valence-electron chi connectivity index (χ3n) is 2.69. The van der Waals surface area contributed by atoms with Crippen LogP contribution in [-0.4, -0.2) is 17.0 Å². The van der Waals surface area contributed by atoms with E-state index in [1.54, 1.807) is 6.08 Å². The average Bonchev–Trinajstić information content (AvgIpc) is 2.08. The highest BCUT2D eigenvalue weighted by Gasteiger charge is 2.33. The van der Waals surface area contributed by atoms with Crippen LogP contribution in [0.3, 0.4) is 0 Å². The Labute approximate surface area is 79.6 Å². The zero-order valence-corrected chi connectivity index (χ0v) is 8.58. The second-order valence-electron chi connectivity index (χ2n) is 4.51. The van der Waals surface area contributed by atoms with Gasteiger partial charge in [0.2, 0.25) is 0 Å². The molecule has 2 heteroatoms. The van der Waals surface area contributed by atoms with Crippen molar-refractivity contribution in [2.45, 2.75) is 39.7 Å². The summed E-state index contributed by atoms with van der Waals surface area (Å²) < 4.78 is 0. The van der Waals surface area contributed by atoms with Crippen LogP contribution in [0.25, 0.3) is 0 Å². The fraction of sp³-hybridized carbons (Fsp3) is 0.727. The number of hydrogen-bond acceptors (Lipinski definition) is 2. The van der Waals surface area contributed by atoms with Crippen molar-refractivity contribution in [3.63, 3.8) is 0 Å². The quantitative estimate of drug-likeness (QED) is 0.708. The molecule has 0 bridgehead atoms. The Bertz CT molecular complexity index is 228. The van der Waals surface area contributed by atoms with E-state index in [0.717, 1.165) is 6.42 Å². The van der Waals surface area contributed by atoms with E-state index in [1.807, 2.05) is 13.0 Å². The van der Waals surface area contributed by atoms with E-state index in [2.05, 4.69) is 13.8 Å². The molecule has 0 aromatic heterocycles. The second-order valence-corrected chi connectivity index (χ2v) is 4.51. The molecule has 0 amide bonds. The Balaban J connectivity index is 2.77. The first-order valence-electron chi connectivity index (χ1n) is 4.87. The summed E-state index contributed by atoms with van der Waals surface area (Å²) >= 11 is 0. The van der Waals surface area contributed by atoms with Crippen LogP contribution in [0.15, 0.2) is 12.2 Å². The summed E-state index contributed by atoms with van der Waals surface area (Å²) in [5.41, 5.74) is 0.0503. The summed E-state index contributed by atoms with van der Waals surface area (Å²) in [6, 6.07) is 0. The molecule has 1 N–H and O–H groups in total. The number of hydrogen-bond donors (Lipinski definition) is 1. The summed E-state index contributed by atoms with van der Waals surface area (Å²) in [6.07, 6.45) is 4.50. The standard InChI is InChI=1S/C11H18O2/c1-4-9(12)8-7-11(2,3)6-5-10(8)13/h5-6,8-9,12H,4,7H2,1-3H3. The molecule has 0 aromatic rings. The van der Waals surface area contributed by atoms with Gasteiger partial charge in [0.05, 0.1) is 6.10 Å². The third kappa shape index (κ3) is 2.41. The maximum atomic E-state index is 11.4. The summed E-state index contributed by atoms with van der Waals surface area (Å²) in [7, 11) is 0. The van der Waals surface area contributed by atoms with Crippen LogP contribution in [0.2, 0.25) is 0 Å². The van der Waals surface area contributed by atoms with Gasteiger partial charge in [0, 0.05) is 5.92 Å². The van der Waals surface area contributed by atoms with Crippen molar-refractivity contribution in [3.8, 4) is 0 Å². The minimum absolute atomic E-state index is 0.0503. The molecule has 0 heterocycles. The van der Waals surface area contributed by atoms with Gasteiger partial charge in [-0.3, -0.25) is 4.79 Å². The van der Waals surface area contributed by atoms with Gasteiger partial charge >= 0.3 is 0 Å². The molecule has 0 aromatic carbocycles. The van der Waals surface area contributed by atoms with Crippen molar-refractivity contribution in [1.29, 1.82) is 0 Å². The van der Waals surface area contributed by atoms with Crippen molar-refractivity contribution in [2.24, 2.45) is 11.3 Å². The van der Waals surface area contributed by atoms with Crippen LogP contribution in [-0.2, 0) is 4.79 Å². The highest BCUT2D eigenvalue weighted by Crippen LogP contribution is 2.33. The Kier molecular flexibility index (Phi) is 2.91. The molecular weight excluding hydrogens is 164 g/mol. The number of carbonyl (C=O) groups is 1. The van der Waals surface area contributed by atoms with Gasteiger partial charge in [-0.25, -0.2) is 0 Å². The molecule has 13 heavy (non-hydrogen) atoms. The van der Waals surface area contributed by atoms with Gasteiger partial charge in [-0.15, -0.1) is 0 Å². The maximum absolute atomic E-state index is 11.4. The van der Waals surface area contributed by atoms with Gasteiger partial charge < -0.3 is 5.11 Å². The van der Waals surface area contributed by atoms with E-state index in [4.69, 9.17) is 0 Å². The van der Waals surface area contributed by atoms with Crippen molar-refractivity contribution < 1.29 is 9.90 Å². The molecule has 0 saturated heterocycles. The monoisotopic (exact) mass is 182 g/mol. The molecule has 0 saturated carbocycles. The van der Waals surface area contributed by atoms with Crippen LogP contribution in [0.5, 0.6) is 0 Å². The fourth-order valence-electron chi connectivity index (χ4n) is 1.78. The van der Waals surface area contributed by atoms with E-state index >= 15 is 0 Å². The number of ketones is 1. The Hall–Kier alpha value is -0.630. The molecule has 1 aliphatic rings. The predicted molar refractivity (Wildman–Crippen MR) is 52.3 cm³/mol. The van der Waals surface area contributed by atoms with Gasteiger partial charge in [0.1, 0.15) is 0 Å². The lowest BCUT2D eigenvalue weighted by Crippen LogP contribution is -2.34. The number of aliphatic hydroxyl groups excluding tert-OH is 1. The maximum Gasteiger partial charge on any atom is 0.161 e. The number of aliphatic hydroxyl groups is 1. The topological polar surface area (TPSA) is 37.3 Å². The van der Waals surface area contributed by atoms with Gasteiger partial charge in [-0.1, -0.05) is 26.8 Å². The molecule has 0 aliphatic heterocycles. The Morgan fingerprint density at radius 3 is 2.85 bits per heavy atom. The molecule has 2 unspecified atom stereocenters. The van der Waals surface area contributed by atoms with Crippen LogP contribution in [0.4, 0.5) is 0 Å². The lowest BCUT2D eigenvalue weighted by atomic mass is 9.74. The van der Waals surface area contributed by atoms with E-state index in [-0.39, 0.29) is 17.1 Å². The zero-order valence-electron chi connectivity index (χ0n) is 8.58. The lowest BCUT2D eigenvalue weighted by Gasteiger charge is -2.31. The van der Waals surface area contributed by atoms with Gasteiger partial charge in [0.15, 0.2) is 5.78 Å². The van der Waals surface area contributed by atoms with Gasteiger partial charge in [0.25, 0.3) is 0 Å². The largest absolute Gasteiger partial charge is 0.392 e. The molecule has 0 spiro atoms. The van der Waals surface area contributed by atoms with Crippen molar-refractivity contribution in [2.75, 3.05) is 0 Å². The van der Waals surface area contributed by atoms with Crippen molar-refractivity contribution in [3.05, 3.63) is 12.2 Å². The van der Waals surface area contributed by atoms with E-state index < -0.39 is 6.10 Å². The van der Waals surface area contributed by atoms with Crippen LogP contribution in [0.1, 0.15) is 33.6 Å². The molecule has 2 atom stereocenters. The number of rotatable bonds is 2. The first-order valence-corrected chi connectivity index (χ1v) is 4.87. The molecule has 0 fully saturated rings. The molecule has 1 rings (SSSR count). The molecule has 2 nitrogen and oxygen atoms in total. The molecule has 74 valence electrons. The summed E-state index contributed by atoms with van der Waals surface area (Å²) in [5.74, 6) is -0.112. The third-order valence-corrected chi connectivity index (χ3v) is 2.69. The highest BCUT2D eigenvalue weighted by molar-refractivity contribution is 5.93. The van der Waals surface area contributed by atoms with Gasteiger partial charge in [-0.05, 0) is 24.3 Å². The lowest BCUT2D eigenvalue weighted by molar-refractivity contribution is -0.123. The summed E-state index contributed by atoms with van der Waals surface area (Å²) in [4.78, 5) is 11.4. The number of allylic oxidation sites excluding steroid dienone is 2. The molecular formula is C11H18O2. The second kappa shape index (κ2) is 3.62. The van der Waals surface area contributed by atoms with Crippen molar-refractivity contribution >= 4 is 5.78 Å². The average molecular weight is 182 g/mol. The smallest absolute Gasteiger partial charge is 0.161 e. The minimum atomic E-state index is -0.475. The molecule has 0 radical (unpaired) electrons. The fourth-order valence-corrected chi connectivity index (χ4v) is 1.78. The van der Waals surface area contributed by atoms with E-state index in [1.165, 1.54) is 0 Å². The van der Waals surface area contributed by atoms with Crippen molar-refractivity contribution in [1.82, 2.24) is 0 Å². The zero-order chi connectivity index (χ0) is 10.1. The van der Waals surface area contributed by atoms with E-state index in [0.29, 0.717) is 6.42 Å². The number of carbonyl (C=O) groups excluding carboxylic acids is 1. The van der Waals surface area contributed by atoms with Gasteiger partial charge in [-0.2, -0.15) is 0 Å². The summed E-state index contributed by atoms with van der Waals surface area (Å²) in [5, 5.41) is 9.63. The summed E-state index contributed by atoms with van der Waals surface area (Å²) in [6.45, 7) is 6.08. The predicted octanol–water partition coefficient (Wildman–Crippen LogP) is 1.93.